The molecule has 0 unspecified atom stereocenters. The number of nitrogens with zero attached hydrogens (tertiary/aromatic N) is 1. The maximum Gasteiger partial charge on any atom is 0.323 e. The van der Waals surface area contributed by atoms with Crippen molar-refractivity contribution >= 4 is 23.3 Å². The number of aryl methyl sites for hydroxylation is 1. The topological polar surface area (TPSA) is 83.9 Å². The highest BCUT2D eigenvalue weighted by Crippen LogP contribution is 2.38. The van der Waals surface area contributed by atoms with Gasteiger partial charge < -0.3 is 9.84 Å². The van der Waals surface area contributed by atoms with E-state index in [1.165, 1.54) is 7.11 Å². The molecule has 1 N–H and O–H groups in total. The van der Waals surface area contributed by atoms with Gasteiger partial charge in [0.05, 0.1) is 18.4 Å². The van der Waals surface area contributed by atoms with E-state index < -0.39 is 24.2 Å². The Morgan fingerprint density at radius 3 is 2.61 bits per heavy atom. The van der Waals surface area contributed by atoms with Gasteiger partial charge in [0.15, 0.2) is 0 Å². The number of carbonyl (C=O) groups excluding carboxylic acids is 2. The van der Waals surface area contributed by atoms with E-state index in [1.54, 1.807) is 19.1 Å². The number of ether oxygens (including phenoxy) is 1. The van der Waals surface area contributed by atoms with E-state index in [-0.39, 0.29) is 11.3 Å². The van der Waals surface area contributed by atoms with Gasteiger partial charge in [-0.05, 0) is 24.6 Å². The molecule has 1 aromatic rings. The van der Waals surface area contributed by atoms with Gasteiger partial charge in [0.1, 0.15) is 12.3 Å². The smallest absolute Gasteiger partial charge is 0.323 e. The first-order chi connectivity index (χ1) is 8.45. The molecule has 1 aliphatic heterocycles. The molecule has 0 spiro atoms. The Hall–Kier alpha value is -2.37. The van der Waals surface area contributed by atoms with Gasteiger partial charge in [-0.15, -0.1) is 0 Å². The predicted molar refractivity (Wildman–Crippen MR) is 62.1 cm³/mol. The molecule has 1 heterocycles. The lowest BCUT2D eigenvalue weighted by molar-refractivity contribution is -0.136. The Morgan fingerprint density at radius 1 is 1.39 bits per heavy atom. The van der Waals surface area contributed by atoms with Gasteiger partial charge in [-0.2, -0.15) is 0 Å². The fraction of sp³-hybridized carbons (Fsp3) is 0.250. The first-order valence-electron chi connectivity index (χ1n) is 5.22. The number of carboxylic acid groups (broad SMARTS) is 1. The van der Waals surface area contributed by atoms with E-state index in [2.05, 4.69) is 0 Å². The number of Topliss-reactive ketones (excluding diaryl/α,β-unsaturated/α-hetero) is 1. The van der Waals surface area contributed by atoms with Crippen molar-refractivity contribution in [2.24, 2.45) is 0 Å². The summed E-state index contributed by atoms with van der Waals surface area (Å²) in [6.07, 6.45) is 0. The summed E-state index contributed by atoms with van der Waals surface area (Å²) in [6.45, 7) is 1.21. The van der Waals surface area contributed by atoms with Gasteiger partial charge in [-0.3, -0.25) is 19.3 Å². The van der Waals surface area contributed by atoms with Gasteiger partial charge in [-0.1, -0.05) is 0 Å². The monoisotopic (exact) mass is 249 g/mol. The van der Waals surface area contributed by atoms with Crippen LogP contribution in [-0.2, 0) is 9.59 Å². The van der Waals surface area contributed by atoms with Crippen molar-refractivity contribution in [3.05, 3.63) is 23.3 Å². The van der Waals surface area contributed by atoms with Gasteiger partial charge >= 0.3 is 5.97 Å². The molecule has 6 heteroatoms. The van der Waals surface area contributed by atoms with Crippen molar-refractivity contribution in [2.45, 2.75) is 6.92 Å². The van der Waals surface area contributed by atoms with Crippen LogP contribution < -0.4 is 9.64 Å². The Balaban J connectivity index is 2.62. The number of rotatable bonds is 3. The standard InChI is InChI=1S/C12H11NO5/c1-6-3-7-10(8(4-6)18-2)13(5-9(14)15)12(17)11(7)16/h3-4H,5H2,1-2H3,(H,14,15). The molecule has 6 nitrogen and oxygen atoms in total. The fourth-order valence-corrected chi connectivity index (χ4v) is 1.98. The van der Waals surface area contributed by atoms with E-state index in [4.69, 9.17) is 9.84 Å². The van der Waals surface area contributed by atoms with Crippen molar-refractivity contribution < 1.29 is 24.2 Å². The number of fused-ring (bicyclic) bond motifs is 1. The Morgan fingerprint density at radius 2 is 2.06 bits per heavy atom. The molecule has 2 rings (SSSR count). The molecule has 1 amide bonds. The molecule has 18 heavy (non-hydrogen) atoms. The lowest BCUT2D eigenvalue weighted by Crippen LogP contribution is -2.34. The average molecular weight is 249 g/mol. The molecule has 0 saturated heterocycles. The third-order valence-electron chi connectivity index (χ3n) is 2.69. The molecule has 0 radical (unpaired) electrons. The number of amides is 1. The highest BCUT2D eigenvalue weighted by atomic mass is 16.5. The van der Waals surface area contributed by atoms with Crippen LogP contribution in [0.1, 0.15) is 15.9 Å². The van der Waals surface area contributed by atoms with Gasteiger partial charge in [0, 0.05) is 0 Å². The highest BCUT2D eigenvalue weighted by Gasteiger charge is 2.39. The number of anilines is 1. The largest absolute Gasteiger partial charge is 0.495 e. The lowest BCUT2D eigenvalue weighted by atomic mass is 10.1. The quantitative estimate of drug-likeness (QED) is 0.794. The number of hydrogen-bond donors (Lipinski definition) is 1. The van der Waals surface area contributed by atoms with Gasteiger partial charge in [0.2, 0.25) is 0 Å². The highest BCUT2D eigenvalue weighted by molar-refractivity contribution is 6.53. The minimum atomic E-state index is -1.19. The molecule has 0 atom stereocenters. The first-order valence-corrected chi connectivity index (χ1v) is 5.22. The van der Waals surface area contributed by atoms with Crippen LogP contribution in [0.25, 0.3) is 0 Å². The van der Waals surface area contributed by atoms with E-state index in [9.17, 15) is 14.4 Å². The second kappa shape index (κ2) is 4.14. The van der Waals surface area contributed by atoms with E-state index >= 15 is 0 Å². The molecular weight excluding hydrogens is 238 g/mol. The van der Waals surface area contributed by atoms with Crippen LogP contribution in [0.4, 0.5) is 5.69 Å². The minimum absolute atomic E-state index is 0.193. The summed E-state index contributed by atoms with van der Waals surface area (Å²) in [5, 5.41) is 8.78. The Labute approximate surface area is 103 Å². The van der Waals surface area contributed by atoms with E-state index in [0.29, 0.717) is 5.75 Å². The summed E-state index contributed by atoms with van der Waals surface area (Å²) in [7, 11) is 1.40. The van der Waals surface area contributed by atoms with Crippen molar-refractivity contribution in [2.75, 3.05) is 18.6 Å². The second-order valence-electron chi connectivity index (χ2n) is 3.98. The molecule has 1 aliphatic rings. The number of carboxylic acids is 1. The molecular formula is C12H11NO5. The molecule has 0 saturated carbocycles. The first kappa shape index (κ1) is 12.1. The summed E-state index contributed by atoms with van der Waals surface area (Å²) in [5.41, 5.74) is 1.20. The summed E-state index contributed by atoms with van der Waals surface area (Å²) in [5.74, 6) is -2.40. The van der Waals surface area contributed by atoms with Crippen molar-refractivity contribution in [1.82, 2.24) is 0 Å². The number of ketones is 1. The van der Waals surface area contributed by atoms with Crippen LogP contribution in [-0.4, -0.2) is 36.4 Å². The van der Waals surface area contributed by atoms with Gasteiger partial charge in [-0.25, -0.2) is 0 Å². The van der Waals surface area contributed by atoms with Crippen LogP contribution >= 0.6 is 0 Å². The van der Waals surface area contributed by atoms with Crippen molar-refractivity contribution in [3.8, 4) is 5.75 Å². The SMILES string of the molecule is COc1cc(C)cc2c1N(CC(=O)O)C(=O)C2=O. The van der Waals surface area contributed by atoms with Gasteiger partial charge in [0.25, 0.3) is 11.7 Å². The normalized spacial score (nSPS) is 13.8. The van der Waals surface area contributed by atoms with E-state index in [0.717, 1.165) is 10.5 Å². The van der Waals surface area contributed by atoms with Crippen LogP contribution in [0.5, 0.6) is 5.75 Å². The van der Waals surface area contributed by atoms with Crippen LogP contribution in [0.3, 0.4) is 0 Å². The summed E-state index contributed by atoms with van der Waals surface area (Å²) >= 11 is 0. The third-order valence-corrected chi connectivity index (χ3v) is 2.69. The zero-order valence-electron chi connectivity index (χ0n) is 9.89. The summed E-state index contributed by atoms with van der Waals surface area (Å²) in [4.78, 5) is 35.2. The number of carbonyl (C=O) groups is 3. The van der Waals surface area contributed by atoms with Crippen molar-refractivity contribution in [1.29, 1.82) is 0 Å². The fourth-order valence-electron chi connectivity index (χ4n) is 1.98. The van der Waals surface area contributed by atoms with E-state index in [1.807, 2.05) is 0 Å². The molecule has 0 aliphatic carbocycles. The zero-order chi connectivity index (χ0) is 13.4. The molecule has 0 aromatic heterocycles. The maximum atomic E-state index is 11.8. The number of benzene rings is 1. The molecule has 94 valence electrons. The molecule has 0 fully saturated rings. The molecule has 1 aromatic carbocycles. The number of aliphatic carboxylic acids is 1. The Bertz CT molecular complexity index is 564. The lowest BCUT2D eigenvalue weighted by Gasteiger charge is -2.16. The second-order valence-corrected chi connectivity index (χ2v) is 3.98. The summed E-state index contributed by atoms with van der Waals surface area (Å²) in [6, 6.07) is 3.21. The number of hydrogen-bond acceptors (Lipinski definition) is 4. The minimum Gasteiger partial charge on any atom is -0.495 e. The Kier molecular flexibility index (Phi) is 2.78. The van der Waals surface area contributed by atoms with Crippen LogP contribution in [0.15, 0.2) is 12.1 Å². The number of methoxy groups -OCH3 is 1. The molecule has 0 bridgehead atoms. The zero-order valence-corrected chi connectivity index (χ0v) is 9.89. The summed E-state index contributed by atoms with van der Waals surface area (Å²) < 4.78 is 5.11. The van der Waals surface area contributed by atoms with Crippen molar-refractivity contribution in [3.63, 3.8) is 0 Å². The maximum absolute atomic E-state index is 11.8. The third kappa shape index (κ3) is 1.71. The average Bonchev–Trinajstić information content (AvgIpc) is 2.53. The van der Waals surface area contributed by atoms with Crippen LogP contribution in [0.2, 0.25) is 0 Å². The van der Waals surface area contributed by atoms with Crippen LogP contribution in [0, 0.1) is 6.92 Å². The predicted octanol–water partition coefficient (Wildman–Crippen LogP) is 0.618.